The number of hydrogen-bond acceptors (Lipinski definition) is 2. The van der Waals surface area contributed by atoms with Crippen molar-refractivity contribution < 1.29 is 4.79 Å². The van der Waals surface area contributed by atoms with Crippen LogP contribution in [-0.4, -0.2) is 10.4 Å². The highest BCUT2D eigenvalue weighted by molar-refractivity contribution is 6.30. The van der Waals surface area contributed by atoms with Crippen LogP contribution in [0.1, 0.15) is 45.7 Å². The minimum absolute atomic E-state index is 0.00687. The Labute approximate surface area is 153 Å². The summed E-state index contributed by atoms with van der Waals surface area (Å²) in [5.41, 5.74) is 11.1. The Bertz CT molecular complexity index is 908. The largest absolute Gasteiger partial charge is 0.399 e. The fourth-order valence-corrected chi connectivity index (χ4v) is 3.35. The molecule has 0 bridgehead atoms. The van der Waals surface area contributed by atoms with Crippen molar-refractivity contribution in [2.75, 3.05) is 5.73 Å². The summed E-state index contributed by atoms with van der Waals surface area (Å²) in [6, 6.07) is 17.0. The van der Waals surface area contributed by atoms with E-state index in [4.69, 9.17) is 17.3 Å². The second-order valence-electron chi connectivity index (χ2n) is 6.38. The van der Waals surface area contributed by atoms with E-state index in [2.05, 4.69) is 13.0 Å². The Morgan fingerprint density at radius 2 is 1.68 bits per heavy atom. The lowest BCUT2D eigenvalue weighted by atomic mass is 9.97. The average Bonchev–Trinajstić information content (AvgIpc) is 2.89. The van der Waals surface area contributed by atoms with Crippen LogP contribution in [0.2, 0.25) is 5.02 Å². The van der Waals surface area contributed by atoms with E-state index in [-0.39, 0.29) is 11.7 Å². The molecule has 0 saturated heterocycles. The highest BCUT2D eigenvalue weighted by atomic mass is 35.5. The summed E-state index contributed by atoms with van der Waals surface area (Å²) in [5.74, 6) is 0.170. The predicted molar refractivity (Wildman–Crippen MR) is 103 cm³/mol. The molecule has 0 radical (unpaired) electrons. The van der Waals surface area contributed by atoms with Gasteiger partial charge in [0.15, 0.2) is 0 Å². The van der Waals surface area contributed by atoms with Crippen molar-refractivity contribution in [3.63, 3.8) is 0 Å². The lowest BCUT2D eigenvalue weighted by Crippen LogP contribution is -2.12. The maximum absolute atomic E-state index is 12.9. The van der Waals surface area contributed by atoms with Gasteiger partial charge in [-0.25, -0.2) is 0 Å². The molecule has 0 spiro atoms. The van der Waals surface area contributed by atoms with Crippen LogP contribution in [0.4, 0.5) is 5.69 Å². The lowest BCUT2D eigenvalue weighted by Gasteiger charge is -2.15. The zero-order valence-electron chi connectivity index (χ0n) is 14.6. The van der Waals surface area contributed by atoms with Crippen LogP contribution < -0.4 is 5.73 Å². The molecule has 128 valence electrons. The van der Waals surface area contributed by atoms with Crippen molar-refractivity contribution in [2.45, 2.75) is 19.8 Å². The Kier molecular flexibility index (Phi) is 4.69. The van der Waals surface area contributed by atoms with Gasteiger partial charge >= 0.3 is 0 Å². The normalized spacial score (nSPS) is 12.2. The van der Waals surface area contributed by atoms with E-state index in [1.165, 1.54) is 5.56 Å². The molecule has 3 rings (SSSR count). The Balaban J connectivity index is 1.99. The number of anilines is 1. The molecule has 0 aliphatic heterocycles. The van der Waals surface area contributed by atoms with Crippen LogP contribution in [0.25, 0.3) is 0 Å². The van der Waals surface area contributed by atoms with E-state index in [9.17, 15) is 4.79 Å². The number of carbonyl (C=O) groups is 1. The molecule has 1 aromatic heterocycles. The molecule has 4 heteroatoms. The molecule has 2 N–H and O–H groups in total. The number of benzene rings is 2. The van der Waals surface area contributed by atoms with Gasteiger partial charge in [-0.1, -0.05) is 30.7 Å². The van der Waals surface area contributed by atoms with E-state index < -0.39 is 0 Å². The number of ketones is 1. The van der Waals surface area contributed by atoms with Crippen LogP contribution in [0, 0.1) is 6.92 Å². The Hall–Kier alpha value is -2.52. The number of nitrogen functional groups attached to an aromatic ring is 1. The molecule has 0 aliphatic rings. The van der Waals surface area contributed by atoms with Gasteiger partial charge in [0.2, 0.25) is 5.78 Å². The quantitative estimate of drug-likeness (QED) is 0.533. The van der Waals surface area contributed by atoms with Gasteiger partial charge in [0, 0.05) is 34.9 Å². The van der Waals surface area contributed by atoms with Gasteiger partial charge in [0.25, 0.3) is 0 Å². The molecule has 25 heavy (non-hydrogen) atoms. The smallest absolute Gasteiger partial charge is 0.209 e. The van der Waals surface area contributed by atoms with E-state index in [0.717, 1.165) is 16.9 Å². The zero-order valence-corrected chi connectivity index (χ0v) is 15.3. The van der Waals surface area contributed by atoms with Crippen LogP contribution in [-0.2, 0) is 7.05 Å². The van der Waals surface area contributed by atoms with Gasteiger partial charge in [-0.15, -0.1) is 0 Å². The average molecular weight is 353 g/mol. The van der Waals surface area contributed by atoms with Crippen molar-refractivity contribution >= 4 is 23.1 Å². The molecule has 2 aromatic carbocycles. The fraction of sp³-hybridized carbons (Fsp3) is 0.190. The molecule has 1 atom stereocenters. The number of halogens is 1. The van der Waals surface area contributed by atoms with Crippen molar-refractivity contribution in [3.8, 4) is 0 Å². The predicted octanol–water partition coefficient (Wildman–Crippen LogP) is 4.95. The maximum Gasteiger partial charge on any atom is 0.209 e. The zero-order chi connectivity index (χ0) is 18.1. The minimum atomic E-state index is 0.00687. The highest BCUT2D eigenvalue weighted by Gasteiger charge is 2.21. The van der Waals surface area contributed by atoms with Gasteiger partial charge < -0.3 is 10.3 Å². The molecular formula is C21H21ClN2O. The number of nitrogens with zero attached hydrogens (tertiary/aromatic N) is 1. The van der Waals surface area contributed by atoms with Gasteiger partial charge in [0.1, 0.15) is 0 Å². The van der Waals surface area contributed by atoms with Crippen molar-refractivity contribution in [3.05, 3.63) is 87.7 Å². The summed E-state index contributed by atoms with van der Waals surface area (Å²) in [7, 11) is 1.94. The standard InChI is InChI=1S/C21H21ClN2O/c1-13-12-19(14(2)15-6-10-18(23)11-7-15)24(3)20(13)21(25)16-4-8-17(22)9-5-16/h4-12,14H,23H2,1-3H3. The number of carbonyl (C=O) groups excluding carboxylic acids is 1. The van der Waals surface area contributed by atoms with Crippen LogP contribution in [0.5, 0.6) is 0 Å². The number of aryl methyl sites for hydroxylation is 1. The van der Waals surface area contributed by atoms with E-state index in [0.29, 0.717) is 16.3 Å². The SMILES string of the molecule is Cc1cc(C(C)c2ccc(N)cc2)n(C)c1C(=O)c1ccc(Cl)cc1. The molecule has 3 nitrogen and oxygen atoms in total. The van der Waals surface area contributed by atoms with E-state index in [1.807, 2.05) is 42.8 Å². The molecule has 1 unspecified atom stereocenters. The van der Waals surface area contributed by atoms with Crippen LogP contribution in [0.3, 0.4) is 0 Å². The molecular weight excluding hydrogens is 332 g/mol. The second kappa shape index (κ2) is 6.77. The molecule has 0 amide bonds. The molecule has 0 saturated carbocycles. The van der Waals surface area contributed by atoms with Crippen LogP contribution in [0.15, 0.2) is 54.6 Å². The van der Waals surface area contributed by atoms with Crippen molar-refractivity contribution in [1.29, 1.82) is 0 Å². The Morgan fingerprint density at radius 1 is 1.08 bits per heavy atom. The van der Waals surface area contributed by atoms with Gasteiger partial charge in [-0.2, -0.15) is 0 Å². The first-order valence-electron chi connectivity index (χ1n) is 8.20. The maximum atomic E-state index is 12.9. The van der Waals surface area contributed by atoms with Gasteiger partial charge in [-0.3, -0.25) is 4.79 Å². The van der Waals surface area contributed by atoms with Crippen LogP contribution >= 0.6 is 11.6 Å². The van der Waals surface area contributed by atoms with Crippen molar-refractivity contribution in [1.82, 2.24) is 4.57 Å². The first kappa shape index (κ1) is 17.3. The number of nitrogens with two attached hydrogens (primary N) is 1. The third kappa shape index (κ3) is 3.33. The minimum Gasteiger partial charge on any atom is -0.399 e. The number of aromatic nitrogens is 1. The van der Waals surface area contributed by atoms with E-state index in [1.54, 1.807) is 24.3 Å². The molecule has 3 aromatic rings. The van der Waals surface area contributed by atoms with E-state index >= 15 is 0 Å². The molecule has 0 fully saturated rings. The summed E-state index contributed by atoms with van der Waals surface area (Å²) in [6.07, 6.45) is 0. The topological polar surface area (TPSA) is 48.0 Å². The van der Waals surface area contributed by atoms with Gasteiger partial charge in [0.05, 0.1) is 5.69 Å². The Morgan fingerprint density at radius 3 is 2.28 bits per heavy atom. The van der Waals surface area contributed by atoms with Crippen molar-refractivity contribution in [2.24, 2.45) is 7.05 Å². The third-order valence-electron chi connectivity index (χ3n) is 4.66. The summed E-state index contributed by atoms with van der Waals surface area (Å²) in [5, 5.41) is 0.623. The fourth-order valence-electron chi connectivity index (χ4n) is 3.22. The van der Waals surface area contributed by atoms with Gasteiger partial charge in [-0.05, 0) is 60.5 Å². The molecule has 0 aliphatic carbocycles. The summed E-state index contributed by atoms with van der Waals surface area (Å²) < 4.78 is 1.99. The molecule has 1 heterocycles. The summed E-state index contributed by atoms with van der Waals surface area (Å²) >= 11 is 5.92. The number of rotatable bonds is 4. The second-order valence-corrected chi connectivity index (χ2v) is 6.82. The first-order chi connectivity index (χ1) is 11.9. The summed E-state index contributed by atoms with van der Waals surface area (Å²) in [6.45, 7) is 4.11. The third-order valence-corrected chi connectivity index (χ3v) is 4.91. The first-order valence-corrected chi connectivity index (χ1v) is 8.58. The highest BCUT2D eigenvalue weighted by Crippen LogP contribution is 2.29. The monoisotopic (exact) mass is 352 g/mol. The number of hydrogen-bond donors (Lipinski definition) is 1. The lowest BCUT2D eigenvalue weighted by molar-refractivity contribution is 0.103. The summed E-state index contributed by atoms with van der Waals surface area (Å²) in [4.78, 5) is 12.9.